The van der Waals surface area contributed by atoms with Gasteiger partial charge in [0.2, 0.25) is 0 Å². The zero-order valence-corrected chi connectivity index (χ0v) is 11.8. The van der Waals surface area contributed by atoms with Crippen LogP contribution in [0.2, 0.25) is 0 Å². The van der Waals surface area contributed by atoms with Crippen molar-refractivity contribution in [2.45, 2.75) is 46.7 Å². The number of nitrogen functional groups attached to an aromatic ring is 1. The molecule has 1 rings (SSSR count). The lowest BCUT2D eigenvalue weighted by Gasteiger charge is -2.34. The van der Waals surface area contributed by atoms with Gasteiger partial charge in [0.15, 0.2) is 0 Å². The lowest BCUT2D eigenvalue weighted by Crippen LogP contribution is -2.36. The first-order valence-electron chi connectivity index (χ1n) is 6.53. The maximum absolute atomic E-state index is 5.86. The summed E-state index contributed by atoms with van der Waals surface area (Å²) in [6.45, 7) is 12.4. The Kier molecular flexibility index (Phi) is 5.01. The van der Waals surface area contributed by atoms with Gasteiger partial charge in [0, 0.05) is 24.3 Å². The Bertz CT molecular complexity index is 345. The van der Waals surface area contributed by atoms with E-state index in [0.717, 1.165) is 12.2 Å². The standard InChI is InChI=1S/C15H26N2/c1-11(2)10-17(12(3)4)13(5)14-7-6-8-15(16)9-14/h6-9,11-13H,10,16H2,1-5H3. The molecule has 1 unspecified atom stereocenters. The van der Waals surface area contributed by atoms with Crippen LogP contribution in [0, 0.1) is 5.92 Å². The molecule has 0 aliphatic rings. The highest BCUT2D eigenvalue weighted by atomic mass is 15.2. The Hall–Kier alpha value is -1.02. The number of rotatable bonds is 5. The molecule has 0 aromatic heterocycles. The second-order valence-electron chi connectivity index (χ2n) is 5.53. The van der Waals surface area contributed by atoms with E-state index in [2.05, 4.69) is 51.7 Å². The molecule has 2 nitrogen and oxygen atoms in total. The number of hydrogen-bond acceptors (Lipinski definition) is 2. The zero-order valence-electron chi connectivity index (χ0n) is 11.8. The maximum atomic E-state index is 5.86. The largest absolute Gasteiger partial charge is 0.399 e. The molecule has 0 aliphatic heterocycles. The molecule has 96 valence electrons. The molecule has 2 heteroatoms. The third-order valence-corrected chi connectivity index (χ3v) is 3.13. The molecule has 17 heavy (non-hydrogen) atoms. The van der Waals surface area contributed by atoms with E-state index in [1.165, 1.54) is 5.56 Å². The van der Waals surface area contributed by atoms with E-state index in [-0.39, 0.29) is 0 Å². The summed E-state index contributed by atoms with van der Waals surface area (Å²) in [5, 5.41) is 0. The van der Waals surface area contributed by atoms with E-state index < -0.39 is 0 Å². The van der Waals surface area contributed by atoms with Gasteiger partial charge in [-0.2, -0.15) is 0 Å². The SMILES string of the molecule is CC(C)CN(C(C)C)C(C)c1cccc(N)c1. The molecule has 0 spiro atoms. The highest BCUT2D eigenvalue weighted by molar-refractivity contribution is 5.41. The normalized spacial score (nSPS) is 13.6. The van der Waals surface area contributed by atoms with Crippen LogP contribution >= 0.6 is 0 Å². The van der Waals surface area contributed by atoms with Gasteiger partial charge in [-0.15, -0.1) is 0 Å². The van der Waals surface area contributed by atoms with E-state index in [9.17, 15) is 0 Å². The van der Waals surface area contributed by atoms with E-state index >= 15 is 0 Å². The number of nitrogens with two attached hydrogens (primary N) is 1. The fraction of sp³-hybridized carbons (Fsp3) is 0.600. The van der Waals surface area contributed by atoms with Crippen LogP contribution in [0.1, 0.15) is 46.2 Å². The summed E-state index contributed by atoms with van der Waals surface area (Å²) in [6, 6.07) is 9.19. The first kappa shape index (κ1) is 14.0. The van der Waals surface area contributed by atoms with Crippen molar-refractivity contribution in [3.05, 3.63) is 29.8 Å². The number of benzene rings is 1. The first-order chi connectivity index (χ1) is 7.91. The lowest BCUT2D eigenvalue weighted by atomic mass is 10.0. The van der Waals surface area contributed by atoms with Crippen molar-refractivity contribution in [3.63, 3.8) is 0 Å². The lowest BCUT2D eigenvalue weighted by molar-refractivity contribution is 0.145. The molecular formula is C15H26N2. The number of anilines is 1. The van der Waals surface area contributed by atoms with Crippen LogP contribution in [0.25, 0.3) is 0 Å². The van der Waals surface area contributed by atoms with Crippen molar-refractivity contribution in [1.29, 1.82) is 0 Å². The fourth-order valence-electron chi connectivity index (χ4n) is 2.25. The van der Waals surface area contributed by atoms with Crippen molar-refractivity contribution < 1.29 is 0 Å². The number of nitrogens with zero attached hydrogens (tertiary/aromatic N) is 1. The van der Waals surface area contributed by atoms with Crippen molar-refractivity contribution in [3.8, 4) is 0 Å². The van der Waals surface area contributed by atoms with E-state index in [1.807, 2.05) is 12.1 Å². The molecule has 1 aromatic carbocycles. The van der Waals surface area contributed by atoms with Gasteiger partial charge in [0.1, 0.15) is 0 Å². The van der Waals surface area contributed by atoms with Crippen LogP contribution in [-0.4, -0.2) is 17.5 Å². The fourth-order valence-corrected chi connectivity index (χ4v) is 2.25. The summed E-state index contributed by atoms with van der Waals surface area (Å²) in [6.07, 6.45) is 0. The summed E-state index contributed by atoms with van der Waals surface area (Å²) in [5.41, 5.74) is 8.01. The van der Waals surface area contributed by atoms with E-state index in [4.69, 9.17) is 5.73 Å². The van der Waals surface area contributed by atoms with Crippen LogP contribution in [0.3, 0.4) is 0 Å². The van der Waals surface area contributed by atoms with Gasteiger partial charge in [-0.3, -0.25) is 4.90 Å². The van der Waals surface area contributed by atoms with Gasteiger partial charge in [-0.05, 0) is 44.4 Å². The molecule has 0 saturated carbocycles. The van der Waals surface area contributed by atoms with Crippen molar-refractivity contribution in [2.24, 2.45) is 5.92 Å². The van der Waals surface area contributed by atoms with Gasteiger partial charge in [-0.25, -0.2) is 0 Å². The van der Waals surface area contributed by atoms with E-state index in [0.29, 0.717) is 18.0 Å². The Morgan fingerprint density at radius 3 is 2.24 bits per heavy atom. The summed E-state index contributed by atoms with van der Waals surface area (Å²) < 4.78 is 0. The topological polar surface area (TPSA) is 29.3 Å². The third-order valence-electron chi connectivity index (χ3n) is 3.13. The molecule has 0 heterocycles. The zero-order chi connectivity index (χ0) is 13.0. The second kappa shape index (κ2) is 6.06. The summed E-state index contributed by atoms with van der Waals surface area (Å²) in [7, 11) is 0. The van der Waals surface area contributed by atoms with E-state index in [1.54, 1.807) is 0 Å². The minimum atomic E-state index is 0.417. The highest BCUT2D eigenvalue weighted by Crippen LogP contribution is 2.24. The molecule has 1 aromatic rings. The molecule has 0 radical (unpaired) electrons. The molecule has 1 atom stereocenters. The van der Waals surface area contributed by atoms with Gasteiger partial charge >= 0.3 is 0 Å². The summed E-state index contributed by atoms with van der Waals surface area (Å²) >= 11 is 0. The quantitative estimate of drug-likeness (QED) is 0.787. The van der Waals surface area contributed by atoms with Crippen LogP contribution in [-0.2, 0) is 0 Å². The van der Waals surface area contributed by atoms with Crippen LogP contribution in [0.4, 0.5) is 5.69 Å². The molecule has 2 N–H and O–H groups in total. The van der Waals surface area contributed by atoms with Crippen molar-refractivity contribution in [2.75, 3.05) is 12.3 Å². The minimum absolute atomic E-state index is 0.417. The molecule has 0 amide bonds. The Balaban J connectivity index is 2.87. The Morgan fingerprint density at radius 2 is 1.76 bits per heavy atom. The minimum Gasteiger partial charge on any atom is -0.399 e. The molecule has 0 aliphatic carbocycles. The monoisotopic (exact) mass is 234 g/mol. The number of hydrogen-bond donors (Lipinski definition) is 1. The van der Waals surface area contributed by atoms with Crippen molar-refractivity contribution in [1.82, 2.24) is 4.90 Å². The van der Waals surface area contributed by atoms with Gasteiger partial charge in [0.05, 0.1) is 0 Å². The molecule has 0 bridgehead atoms. The molecular weight excluding hydrogens is 208 g/mol. The predicted octanol–water partition coefficient (Wildman–Crippen LogP) is 3.70. The maximum Gasteiger partial charge on any atom is 0.0323 e. The first-order valence-corrected chi connectivity index (χ1v) is 6.53. The summed E-state index contributed by atoms with van der Waals surface area (Å²) in [5.74, 6) is 0.681. The Labute approximate surface area is 106 Å². The van der Waals surface area contributed by atoms with Gasteiger partial charge < -0.3 is 5.73 Å². The van der Waals surface area contributed by atoms with Gasteiger partial charge in [0.25, 0.3) is 0 Å². The van der Waals surface area contributed by atoms with Crippen LogP contribution < -0.4 is 5.73 Å². The molecule has 0 fully saturated rings. The average Bonchev–Trinajstić information content (AvgIpc) is 2.24. The predicted molar refractivity (Wildman–Crippen MR) is 75.9 cm³/mol. The smallest absolute Gasteiger partial charge is 0.0323 e. The van der Waals surface area contributed by atoms with Gasteiger partial charge in [-0.1, -0.05) is 26.0 Å². The van der Waals surface area contributed by atoms with Crippen LogP contribution in [0.5, 0.6) is 0 Å². The third kappa shape index (κ3) is 4.04. The Morgan fingerprint density at radius 1 is 1.12 bits per heavy atom. The average molecular weight is 234 g/mol. The van der Waals surface area contributed by atoms with Crippen molar-refractivity contribution >= 4 is 5.69 Å². The summed E-state index contributed by atoms with van der Waals surface area (Å²) in [4.78, 5) is 2.53. The second-order valence-corrected chi connectivity index (χ2v) is 5.53. The highest BCUT2D eigenvalue weighted by Gasteiger charge is 2.19. The molecule has 0 saturated heterocycles. The van der Waals surface area contributed by atoms with Crippen LogP contribution in [0.15, 0.2) is 24.3 Å².